The zero-order valence-corrected chi connectivity index (χ0v) is 16.4. The molecule has 0 bridgehead atoms. The van der Waals surface area contributed by atoms with Crippen LogP contribution in [0.2, 0.25) is 0 Å². The van der Waals surface area contributed by atoms with E-state index in [1.165, 1.54) is 6.92 Å². The fourth-order valence-electron chi connectivity index (χ4n) is 3.76. The molecule has 0 radical (unpaired) electrons. The number of rotatable bonds is 5. The molecule has 2 atom stereocenters. The number of halogens is 6. The van der Waals surface area contributed by atoms with Crippen LogP contribution in [-0.2, 0) is 22.6 Å². The molecule has 0 aliphatic carbocycles. The number of piperidine rings is 1. The molecule has 2 aromatic carbocycles. The van der Waals surface area contributed by atoms with Crippen LogP contribution in [0.3, 0.4) is 0 Å². The fourth-order valence-corrected chi connectivity index (χ4v) is 3.76. The standard InChI is InChI=1S/C22H23F6NO/c1-15(16-11-18(21(23,24)25)13-19(12-16)22(26,27)28)30-14-20(9-5-6-10-29-20)17-7-3-2-4-8-17/h2-4,7-8,11-13,15,29H,5-6,9-10,14H2,1H3/t15-,20-/m1/s1. The number of hydrogen-bond acceptors (Lipinski definition) is 2. The molecule has 30 heavy (non-hydrogen) atoms. The summed E-state index contributed by atoms with van der Waals surface area (Å²) in [6.45, 7) is 2.36. The van der Waals surface area contributed by atoms with Crippen molar-refractivity contribution in [2.45, 2.75) is 50.2 Å². The maximum Gasteiger partial charge on any atom is 0.416 e. The van der Waals surface area contributed by atoms with Crippen molar-refractivity contribution in [3.05, 3.63) is 70.8 Å². The first kappa shape index (κ1) is 22.6. The van der Waals surface area contributed by atoms with Crippen molar-refractivity contribution in [1.82, 2.24) is 5.32 Å². The van der Waals surface area contributed by atoms with Gasteiger partial charge in [-0.2, -0.15) is 26.3 Å². The van der Waals surface area contributed by atoms with E-state index >= 15 is 0 Å². The van der Waals surface area contributed by atoms with Crippen LogP contribution < -0.4 is 5.32 Å². The Bertz CT molecular complexity index is 809. The first-order valence-electron chi connectivity index (χ1n) is 9.73. The fraction of sp³-hybridized carbons (Fsp3) is 0.455. The van der Waals surface area contributed by atoms with Crippen LogP contribution in [0.1, 0.15) is 54.5 Å². The van der Waals surface area contributed by atoms with E-state index in [-0.39, 0.29) is 18.2 Å². The van der Waals surface area contributed by atoms with Crippen molar-refractivity contribution in [3.63, 3.8) is 0 Å². The third kappa shape index (κ3) is 5.16. The summed E-state index contributed by atoms with van der Waals surface area (Å²) in [5.41, 5.74) is -2.37. The van der Waals surface area contributed by atoms with Gasteiger partial charge in [-0.25, -0.2) is 0 Å². The van der Waals surface area contributed by atoms with Gasteiger partial charge in [0, 0.05) is 0 Å². The largest absolute Gasteiger partial charge is 0.416 e. The van der Waals surface area contributed by atoms with Crippen LogP contribution in [0.4, 0.5) is 26.3 Å². The smallest absolute Gasteiger partial charge is 0.372 e. The Morgan fingerprint density at radius 3 is 2.03 bits per heavy atom. The summed E-state index contributed by atoms with van der Waals surface area (Å²) in [5, 5.41) is 3.44. The minimum atomic E-state index is -4.88. The molecule has 0 saturated carbocycles. The summed E-state index contributed by atoms with van der Waals surface area (Å²) < 4.78 is 84.7. The van der Waals surface area contributed by atoms with E-state index in [9.17, 15) is 26.3 Å². The lowest BCUT2D eigenvalue weighted by Crippen LogP contribution is -2.49. The minimum Gasteiger partial charge on any atom is -0.372 e. The van der Waals surface area contributed by atoms with Crippen LogP contribution >= 0.6 is 0 Å². The average molecular weight is 431 g/mol. The Hall–Kier alpha value is -2.06. The molecule has 0 amide bonds. The Morgan fingerprint density at radius 2 is 1.53 bits per heavy atom. The molecular weight excluding hydrogens is 408 g/mol. The van der Waals surface area contributed by atoms with Crippen molar-refractivity contribution in [1.29, 1.82) is 0 Å². The topological polar surface area (TPSA) is 21.3 Å². The maximum atomic E-state index is 13.1. The van der Waals surface area contributed by atoms with E-state index in [2.05, 4.69) is 5.32 Å². The van der Waals surface area contributed by atoms with Gasteiger partial charge in [0.1, 0.15) is 0 Å². The number of alkyl halides is 6. The predicted octanol–water partition coefficient (Wildman–Crippen LogP) is 6.47. The second kappa shape index (κ2) is 8.59. The predicted molar refractivity (Wildman–Crippen MR) is 101 cm³/mol. The first-order chi connectivity index (χ1) is 14.0. The Labute approximate surface area is 171 Å². The molecule has 1 fully saturated rings. The van der Waals surface area contributed by atoms with Crippen molar-refractivity contribution in [3.8, 4) is 0 Å². The van der Waals surface area contributed by atoms with Gasteiger partial charge in [-0.1, -0.05) is 30.3 Å². The Morgan fingerprint density at radius 1 is 0.933 bits per heavy atom. The number of benzene rings is 2. The molecule has 0 spiro atoms. The van der Waals surface area contributed by atoms with Gasteiger partial charge in [-0.05, 0) is 62.1 Å². The molecule has 0 unspecified atom stereocenters. The lowest BCUT2D eigenvalue weighted by atomic mass is 9.83. The van der Waals surface area contributed by atoms with Gasteiger partial charge in [-0.3, -0.25) is 0 Å². The zero-order valence-electron chi connectivity index (χ0n) is 16.4. The van der Waals surface area contributed by atoms with E-state index in [0.29, 0.717) is 0 Å². The quantitative estimate of drug-likeness (QED) is 0.548. The van der Waals surface area contributed by atoms with E-state index < -0.39 is 35.1 Å². The van der Waals surface area contributed by atoms with Gasteiger partial charge < -0.3 is 10.1 Å². The molecular formula is C22H23F6NO. The molecule has 164 valence electrons. The number of nitrogens with one attached hydrogen (secondary N) is 1. The van der Waals surface area contributed by atoms with E-state index in [4.69, 9.17) is 4.74 Å². The normalized spacial score (nSPS) is 21.4. The van der Waals surface area contributed by atoms with Crippen LogP contribution in [0.25, 0.3) is 0 Å². The highest BCUT2D eigenvalue weighted by molar-refractivity contribution is 5.35. The van der Waals surface area contributed by atoms with Crippen LogP contribution in [0.15, 0.2) is 48.5 Å². The molecule has 3 rings (SSSR count). The molecule has 1 saturated heterocycles. The summed E-state index contributed by atoms with van der Waals surface area (Å²) in [7, 11) is 0. The van der Waals surface area contributed by atoms with Gasteiger partial charge in [0.2, 0.25) is 0 Å². The van der Waals surface area contributed by atoms with Crippen molar-refractivity contribution < 1.29 is 31.1 Å². The SMILES string of the molecule is C[C@@H](OC[C@@]1(c2ccccc2)CCCCN1)c1cc(C(F)(F)F)cc(C(F)(F)F)c1. The van der Waals surface area contributed by atoms with E-state index in [1.807, 2.05) is 30.3 Å². The lowest BCUT2D eigenvalue weighted by Gasteiger charge is -2.39. The second-order valence-electron chi connectivity index (χ2n) is 7.62. The molecule has 8 heteroatoms. The summed E-state index contributed by atoms with van der Waals surface area (Å²) in [6.07, 6.45) is -8.01. The molecule has 1 aliphatic rings. The second-order valence-corrected chi connectivity index (χ2v) is 7.62. The molecule has 1 aliphatic heterocycles. The third-order valence-corrected chi connectivity index (χ3v) is 5.48. The molecule has 1 N–H and O–H groups in total. The monoisotopic (exact) mass is 431 g/mol. The van der Waals surface area contributed by atoms with Crippen LogP contribution in [-0.4, -0.2) is 13.2 Å². The lowest BCUT2D eigenvalue weighted by molar-refractivity contribution is -0.143. The van der Waals surface area contributed by atoms with Crippen molar-refractivity contribution >= 4 is 0 Å². The summed E-state index contributed by atoms with van der Waals surface area (Å²) in [6, 6.07) is 11.1. The summed E-state index contributed by atoms with van der Waals surface area (Å²) in [5.74, 6) is 0. The zero-order chi connectivity index (χ0) is 22.0. The van der Waals surface area contributed by atoms with Gasteiger partial charge in [0.15, 0.2) is 0 Å². The van der Waals surface area contributed by atoms with E-state index in [1.54, 1.807) is 0 Å². The molecule has 2 aromatic rings. The summed E-state index contributed by atoms with van der Waals surface area (Å²) >= 11 is 0. The molecule has 2 nitrogen and oxygen atoms in total. The number of hydrogen-bond donors (Lipinski definition) is 1. The highest BCUT2D eigenvalue weighted by atomic mass is 19.4. The highest BCUT2D eigenvalue weighted by Crippen LogP contribution is 2.39. The Kier molecular flexibility index (Phi) is 6.48. The van der Waals surface area contributed by atoms with Crippen LogP contribution in [0.5, 0.6) is 0 Å². The average Bonchev–Trinajstić information content (AvgIpc) is 2.72. The molecule has 0 aromatic heterocycles. The van der Waals surface area contributed by atoms with Gasteiger partial charge >= 0.3 is 12.4 Å². The van der Waals surface area contributed by atoms with Gasteiger partial charge in [-0.15, -0.1) is 0 Å². The minimum absolute atomic E-state index is 0.129. The molecule has 1 heterocycles. The van der Waals surface area contributed by atoms with Crippen molar-refractivity contribution in [2.24, 2.45) is 0 Å². The first-order valence-corrected chi connectivity index (χ1v) is 9.73. The van der Waals surface area contributed by atoms with Crippen molar-refractivity contribution in [2.75, 3.05) is 13.2 Å². The number of ether oxygens (including phenoxy) is 1. The van der Waals surface area contributed by atoms with Gasteiger partial charge in [0.05, 0.1) is 29.4 Å². The summed E-state index contributed by atoms with van der Waals surface area (Å²) in [4.78, 5) is 0. The Balaban J connectivity index is 1.86. The van der Waals surface area contributed by atoms with Crippen LogP contribution in [0, 0.1) is 0 Å². The van der Waals surface area contributed by atoms with E-state index in [0.717, 1.165) is 43.5 Å². The van der Waals surface area contributed by atoms with Gasteiger partial charge in [0.25, 0.3) is 0 Å². The highest BCUT2D eigenvalue weighted by Gasteiger charge is 2.38. The maximum absolute atomic E-state index is 13.1. The third-order valence-electron chi connectivity index (χ3n) is 5.48.